The summed E-state index contributed by atoms with van der Waals surface area (Å²) in [6.07, 6.45) is 7.28. The van der Waals surface area contributed by atoms with Gasteiger partial charge in [0.1, 0.15) is 10.2 Å². The van der Waals surface area contributed by atoms with Crippen LogP contribution in [0.25, 0.3) is 10.2 Å². The lowest BCUT2D eigenvalue weighted by atomic mass is 10.1. The molecule has 0 aliphatic rings. The Morgan fingerprint density at radius 2 is 2.00 bits per heavy atom. The Hall–Kier alpha value is -1.36. The van der Waals surface area contributed by atoms with Gasteiger partial charge in [0, 0.05) is 0 Å². The van der Waals surface area contributed by atoms with Crippen LogP contribution in [-0.2, 0) is 0 Å². The van der Waals surface area contributed by atoms with E-state index in [1.54, 1.807) is 0 Å². The van der Waals surface area contributed by atoms with Gasteiger partial charge in [-0.05, 0) is 24.3 Å². The maximum absolute atomic E-state index is 11.8. The van der Waals surface area contributed by atoms with Crippen molar-refractivity contribution >= 4 is 21.6 Å². The summed E-state index contributed by atoms with van der Waals surface area (Å²) in [7, 11) is 0. The van der Waals surface area contributed by atoms with Crippen molar-refractivity contribution in [2.75, 3.05) is 6.61 Å². The summed E-state index contributed by atoms with van der Waals surface area (Å²) in [4.78, 5) is 16.7. The Bertz CT molecular complexity index is 603. The van der Waals surface area contributed by atoms with Gasteiger partial charge in [-0.25, -0.2) is 4.79 Å². The number of hydrogen-bond acceptors (Lipinski definition) is 5. The number of nitrogens with zero attached hydrogens (tertiary/aromatic N) is 1. The minimum absolute atomic E-state index is 0.0953. The molecule has 0 fully saturated rings. The van der Waals surface area contributed by atoms with Crippen molar-refractivity contribution in [3.8, 4) is 6.08 Å². The second-order valence-electron chi connectivity index (χ2n) is 4.98. The topological polar surface area (TPSA) is 52.3 Å². The predicted octanol–water partition coefficient (Wildman–Crippen LogP) is 4.30. The molecule has 0 saturated heterocycles. The zero-order chi connectivity index (χ0) is 14.4. The van der Waals surface area contributed by atoms with Gasteiger partial charge < -0.3 is 9.15 Å². The molecule has 0 saturated carbocycles. The van der Waals surface area contributed by atoms with E-state index in [1.807, 2.05) is 12.3 Å². The first-order valence-electron chi connectivity index (χ1n) is 7.24. The van der Waals surface area contributed by atoms with Gasteiger partial charge in [-0.3, -0.25) is 0 Å². The maximum atomic E-state index is 11.8. The van der Waals surface area contributed by atoms with Crippen LogP contribution in [0.4, 0.5) is 0 Å². The van der Waals surface area contributed by atoms with E-state index in [0.29, 0.717) is 16.8 Å². The third kappa shape index (κ3) is 3.82. The summed E-state index contributed by atoms with van der Waals surface area (Å²) in [6.45, 7) is 4.64. The number of fused-ring (bicyclic) bond motifs is 1. The van der Waals surface area contributed by atoms with Crippen LogP contribution in [-0.4, -0.2) is 11.6 Å². The number of rotatable bonds is 8. The van der Waals surface area contributed by atoms with Gasteiger partial charge in [0.2, 0.25) is 0 Å². The molecule has 0 aliphatic heterocycles. The first-order chi connectivity index (χ1) is 9.72. The third-order valence-electron chi connectivity index (χ3n) is 3.26. The molecular formula is C15H21NO3S. The smallest absolute Gasteiger partial charge is 0.397 e. The summed E-state index contributed by atoms with van der Waals surface area (Å²) < 4.78 is 10.5. The number of aromatic nitrogens is 1. The molecule has 2 aromatic heterocycles. The molecule has 0 atom stereocenters. The quantitative estimate of drug-likeness (QED) is 0.681. The molecule has 0 unspecified atom stereocenters. The Labute approximate surface area is 122 Å². The van der Waals surface area contributed by atoms with Crippen molar-refractivity contribution in [2.45, 2.75) is 52.4 Å². The van der Waals surface area contributed by atoms with Gasteiger partial charge >= 0.3 is 11.7 Å². The lowest BCUT2D eigenvalue weighted by molar-refractivity contribution is 0.211. The number of hydrogen-bond donors (Lipinski definition) is 0. The maximum Gasteiger partial charge on any atom is 0.397 e. The highest BCUT2D eigenvalue weighted by Crippen LogP contribution is 2.22. The third-order valence-corrected chi connectivity index (χ3v) is 4.25. The molecule has 0 N–H and O–H groups in total. The zero-order valence-electron chi connectivity index (χ0n) is 12.1. The van der Waals surface area contributed by atoms with Crippen LogP contribution < -0.4 is 10.4 Å². The van der Waals surface area contributed by atoms with Gasteiger partial charge in [-0.2, -0.15) is 4.98 Å². The fraction of sp³-hybridized carbons (Fsp3) is 0.600. The van der Waals surface area contributed by atoms with Gasteiger partial charge in [-0.15, -0.1) is 11.3 Å². The summed E-state index contributed by atoms with van der Waals surface area (Å²) in [6, 6.07) is 0. The molecule has 2 rings (SSSR count). The van der Waals surface area contributed by atoms with E-state index in [4.69, 9.17) is 9.15 Å². The number of aryl methyl sites for hydroxylation is 1. The molecule has 0 aliphatic carbocycles. The van der Waals surface area contributed by atoms with Crippen molar-refractivity contribution in [3.63, 3.8) is 0 Å². The second-order valence-corrected chi connectivity index (χ2v) is 5.84. The molecule has 4 nitrogen and oxygen atoms in total. The van der Waals surface area contributed by atoms with E-state index < -0.39 is 0 Å². The molecule has 2 aromatic rings. The Balaban J connectivity index is 1.83. The summed E-state index contributed by atoms with van der Waals surface area (Å²) in [5.74, 6) is 0. The summed E-state index contributed by atoms with van der Waals surface area (Å²) in [5.41, 5.74) is 0.556. The molecule has 110 valence electrons. The molecular weight excluding hydrogens is 274 g/mol. The first-order valence-corrected chi connectivity index (χ1v) is 8.12. The van der Waals surface area contributed by atoms with E-state index >= 15 is 0 Å². The lowest BCUT2D eigenvalue weighted by Crippen LogP contribution is -2.05. The van der Waals surface area contributed by atoms with Gasteiger partial charge in [-0.1, -0.05) is 39.0 Å². The summed E-state index contributed by atoms with van der Waals surface area (Å²) in [5, 5.41) is 2.48. The van der Waals surface area contributed by atoms with E-state index in [2.05, 4.69) is 11.9 Å². The first kappa shape index (κ1) is 15.0. The van der Waals surface area contributed by atoms with Crippen molar-refractivity contribution in [1.29, 1.82) is 0 Å². The Morgan fingerprint density at radius 1 is 1.25 bits per heavy atom. The SMILES string of the molecule is CCCCCCCCOc1nc2scc(C)c2c(=O)o1. The molecule has 0 aromatic carbocycles. The van der Waals surface area contributed by atoms with Crippen LogP contribution >= 0.6 is 11.3 Å². The van der Waals surface area contributed by atoms with Crippen LogP contribution in [0.2, 0.25) is 0 Å². The normalized spacial score (nSPS) is 11.1. The van der Waals surface area contributed by atoms with E-state index in [-0.39, 0.29) is 11.7 Å². The monoisotopic (exact) mass is 295 g/mol. The zero-order valence-corrected chi connectivity index (χ0v) is 12.9. The average Bonchev–Trinajstić information content (AvgIpc) is 2.80. The molecule has 0 spiro atoms. The van der Waals surface area contributed by atoms with Crippen LogP contribution in [0.3, 0.4) is 0 Å². The molecule has 5 heteroatoms. The van der Waals surface area contributed by atoms with Gasteiger partial charge in [0.05, 0.1) is 6.61 Å². The van der Waals surface area contributed by atoms with Gasteiger partial charge in [0.25, 0.3) is 0 Å². The van der Waals surface area contributed by atoms with E-state index in [0.717, 1.165) is 18.4 Å². The highest BCUT2D eigenvalue weighted by atomic mass is 32.1. The second kappa shape index (κ2) is 7.43. The van der Waals surface area contributed by atoms with Crippen LogP contribution in [0.15, 0.2) is 14.6 Å². The molecule has 2 heterocycles. The van der Waals surface area contributed by atoms with Crippen molar-refractivity contribution in [1.82, 2.24) is 4.98 Å². The fourth-order valence-corrected chi connectivity index (χ4v) is 3.00. The lowest BCUT2D eigenvalue weighted by Gasteiger charge is -2.03. The van der Waals surface area contributed by atoms with E-state index in [1.165, 1.54) is 37.0 Å². The Kier molecular flexibility index (Phi) is 5.59. The fourth-order valence-electron chi connectivity index (χ4n) is 2.10. The van der Waals surface area contributed by atoms with Crippen LogP contribution in [0.5, 0.6) is 6.08 Å². The van der Waals surface area contributed by atoms with Crippen molar-refractivity contribution in [2.24, 2.45) is 0 Å². The molecule has 20 heavy (non-hydrogen) atoms. The minimum Gasteiger partial charge on any atom is -0.450 e. The predicted molar refractivity (Wildman–Crippen MR) is 81.8 cm³/mol. The standard InChI is InChI=1S/C15H21NO3S/c1-3-4-5-6-7-8-9-18-15-16-13-12(14(17)19-15)11(2)10-20-13/h10H,3-9H2,1-2H3. The van der Waals surface area contributed by atoms with Gasteiger partial charge in [0.15, 0.2) is 0 Å². The highest BCUT2D eigenvalue weighted by Gasteiger charge is 2.11. The van der Waals surface area contributed by atoms with Crippen LogP contribution in [0, 0.1) is 6.92 Å². The largest absolute Gasteiger partial charge is 0.450 e. The van der Waals surface area contributed by atoms with Crippen LogP contribution in [0.1, 0.15) is 51.0 Å². The van der Waals surface area contributed by atoms with Crippen molar-refractivity contribution in [3.05, 3.63) is 21.4 Å². The summed E-state index contributed by atoms with van der Waals surface area (Å²) >= 11 is 1.44. The highest BCUT2D eigenvalue weighted by molar-refractivity contribution is 7.16. The average molecular weight is 295 g/mol. The molecule has 0 amide bonds. The van der Waals surface area contributed by atoms with Crippen molar-refractivity contribution < 1.29 is 9.15 Å². The number of thiophene rings is 1. The number of ether oxygens (including phenoxy) is 1. The number of unbranched alkanes of at least 4 members (excludes halogenated alkanes) is 5. The molecule has 0 radical (unpaired) electrons. The molecule has 0 bridgehead atoms. The minimum atomic E-state index is -0.355. The Morgan fingerprint density at radius 3 is 2.80 bits per heavy atom. The van der Waals surface area contributed by atoms with E-state index in [9.17, 15) is 4.79 Å².